The predicted octanol–water partition coefficient (Wildman–Crippen LogP) is 7.11. The van der Waals surface area contributed by atoms with E-state index < -0.39 is 6.10 Å². The topological polar surface area (TPSA) is 64.2 Å². The Morgan fingerprint density at radius 2 is 1.66 bits per heavy atom. The van der Waals surface area contributed by atoms with E-state index in [4.69, 9.17) is 0 Å². The standard InChI is InChI=1S/C27H45NO2.C2H6/c1-4-18(17-28)25(30)7-5-6-19-9-11-23-22-10-8-20-16-21(29)12-14-27(20,3)24(22)13-15-26(19,23)2;1-2/h18-25,29-30H,4-16H2,1-3H3;1-2H3. The van der Waals surface area contributed by atoms with Crippen molar-refractivity contribution in [2.24, 2.45) is 46.3 Å². The van der Waals surface area contributed by atoms with Crippen LogP contribution in [0.3, 0.4) is 0 Å². The van der Waals surface area contributed by atoms with E-state index >= 15 is 0 Å². The van der Waals surface area contributed by atoms with E-state index in [1.54, 1.807) is 0 Å². The van der Waals surface area contributed by atoms with Crippen LogP contribution in [0.2, 0.25) is 0 Å². The van der Waals surface area contributed by atoms with E-state index in [-0.39, 0.29) is 12.0 Å². The Labute approximate surface area is 198 Å². The third-order valence-corrected chi connectivity index (χ3v) is 11.0. The lowest BCUT2D eigenvalue weighted by molar-refractivity contribution is -0.127. The molecule has 0 aliphatic heterocycles. The Morgan fingerprint density at radius 3 is 2.34 bits per heavy atom. The molecule has 0 heterocycles. The van der Waals surface area contributed by atoms with Crippen molar-refractivity contribution in [1.82, 2.24) is 0 Å². The molecule has 4 aliphatic carbocycles. The average Bonchev–Trinajstić information content (AvgIpc) is 3.13. The van der Waals surface area contributed by atoms with Gasteiger partial charge in [0.25, 0.3) is 0 Å². The molecule has 2 N–H and O–H groups in total. The van der Waals surface area contributed by atoms with Crippen LogP contribution in [0.1, 0.15) is 118 Å². The van der Waals surface area contributed by atoms with Crippen LogP contribution in [0, 0.1) is 57.7 Å². The van der Waals surface area contributed by atoms with Crippen LogP contribution in [0.5, 0.6) is 0 Å². The zero-order valence-electron chi connectivity index (χ0n) is 21.7. The maximum Gasteiger partial charge on any atom is 0.0720 e. The van der Waals surface area contributed by atoms with E-state index in [1.807, 2.05) is 20.8 Å². The second-order valence-corrected chi connectivity index (χ2v) is 12.0. The lowest BCUT2D eigenvalue weighted by atomic mass is 9.44. The summed E-state index contributed by atoms with van der Waals surface area (Å²) in [5.74, 6) is 4.02. The third-order valence-electron chi connectivity index (χ3n) is 11.0. The molecule has 4 aliphatic rings. The smallest absolute Gasteiger partial charge is 0.0720 e. The van der Waals surface area contributed by atoms with E-state index in [9.17, 15) is 15.5 Å². The Balaban J connectivity index is 0.00000141. The second-order valence-electron chi connectivity index (χ2n) is 12.0. The first kappa shape index (κ1) is 26.0. The van der Waals surface area contributed by atoms with Crippen molar-refractivity contribution in [2.45, 2.75) is 130 Å². The van der Waals surface area contributed by atoms with E-state index in [0.717, 1.165) is 61.7 Å². The number of hydrogen-bond acceptors (Lipinski definition) is 3. The van der Waals surface area contributed by atoms with Crippen molar-refractivity contribution in [1.29, 1.82) is 5.26 Å². The zero-order chi connectivity index (χ0) is 23.5. The molecule has 0 aromatic carbocycles. The van der Waals surface area contributed by atoms with Crippen LogP contribution in [-0.2, 0) is 0 Å². The first-order valence-electron chi connectivity index (χ1n) is 14.1. The van der Waals surface area contributed by atoms with Crippen molar-refractivity contribution in [3.63, 3.8) is 0 Å². The fourth-order valence-corrected chi connectivity index (χ4v) is 9.04. The quantitative estimate of drug-likeness (QED) is 0.457. The molecule has 4 saturated carbocycles. The molecule has 0 amide bonds. The van der Waals surface area contributed by atoms with Crippen molar-refractivity contribution >= 4 is 0 Å². The Morgan fingerprint density at radius 1 is 0.969 bits per heavy atom. The van der Waals surface area contributed by atoms with Crippen molar-refractivity contribution < 1.29 is 10.2 Å². The van der Waals surface area contributed by atoms with Gasteiger partial charge in [0.05, 0.1) is 24.2 Å². The van der Waals surface area contributed by atoms with Crippen molar-refractivity contribution in [3.8, 4) is 6.07 Å². The SMILES string of the molecule is CC.CCC(C#N)C(O)CCCC1CCC2C3CCC4CC(O)CCC4(C)C3CCC12C. The molecular formula is C29H51NO2. The number of aliphatic hydroxyl groups excluding tert-OH is 2. The van der Waals surface area contributed by atoms with E-state index in [0.29, 0.717) is 10.8 Å². The van der Waals surface area contributed by atoms with Gasteiger partial charge < -0.3 is 10.2 Å². The molecule has 4 fully saturated rings. The molecule has 10 atom stereocenters. The number of fused-ring (bicyclic) bond motifs is 5. The molecule has 4 rings (SSSR count). The molecule has 0 aromatic heterocycles. The van der Waals surface area contributed by atoms with E-state index in [1.165, 1.54) is 51.4 Å². The molecule has 0 radical (unpaired) electrons. The van der Waals surface area contributed by atoms with Crippen molar-refractivity contribution in [2.75, 3.05) is 0 Å². The minimum atomic E-state index is -0.447. The van der Waals surface area contributed by atoms with Gasteiger partial charge in [-0.25, -0.2) is 0 Å². The molecule has 0 bridgehead atoms. The minimum absolute atomic E-state index is 0.0481. The summed E-state index contributed by atoms with van der Waals surface area (Å²) in [5, 5.41) is 29.8. The summed E-state index contributed by atoms with van der Waals surface area (Å²) < 4.78 is 0. The highest BCUT2D eigenvalue weighted by Gasteiger charge is 2.59. The maximum absolute atomic E-state index is 10.4. The summed E-state index contributed by atoms with van der Waals surface area (Å²) in [6, 6.07) is 2.28. The summed E-state index contributed by atoms with van der Waals surface area (Å²) in [5.41, 5.74) is 0.959. The van der Waals surface area contributed by atoms with Crippen LogP contribution >= 0.6 is 0 Å². The fraction of sp³-hybridized carbons (Fsp3) is 0.966. The highest BCUT2D eigenvalue weighted by molar-refractivity contribution is 5.09. The molecule has 10 unspecified atom stereocenters. The fourth-order valence-electron chi connectivity index (χ4n) is 9.04. The van der Waals surface area contributed by atoms with Crippen LogP contribution in [0.4, 0.5) is 0 Å². The molecule has 32 heavy (non-hydrogen) atoms. The van der Waals surface area contributed by atoms with E-state index in [2.05, 4.69) is 19.9 Å². The lowest BCUT2D eigenvalue weighted by Gasteiger charge is -2.61. The Bertz CT molecular complexity index is 644. The first-order chi connectivity index (χ1) is 15.3. The summed E-state index contributed by atoms with van der Waals surface area (Å²) in [4.78, 5) is 0. The number of nitriles is 1. The van der Waals surface area contributed by atoms with Crippen LogP contribution in [0.15, 0.2) is 0 Å². The van der Waals surface area contributed by atoms with Gasteiger partial charge in [0.15, 0.2) is 0 Å². The molecule has 0 spiro atoms. The molecular weight excluding hydrogens is 394 g/mol. The first-order valence-corrected chi connectivity index (χ1v) is 14.1. The highest BCUT2D eigenvalue weighted by Crippen LogP contribution is 2.67. The number of aliphatic hydroxyl groups is 2. The van der Waals surface area contributed by atoms with Gasteiger partial charge in [0, 0.05) is 0 Å². The van der Waals surface area contributed by atoms with Crippen LogP contribution in [0.25, 0.3) is 0 Å². The van der Waals surface area contributed by atoms with Gasteiger partial charge in [-0.2, -0.15) is 5.26 Å². The highest BCUT2D eigenvalue weighted by atomic mass is 16.3. The van der Waals surface area contributed by atoms with Crippen LogP contribution < -0.4 is 0 Å². The summed E-state index contributed by atoms with van der Waals surface area (Å²) in [6.07, 6.45) is 14.9. The normalized spacial score (nSPS) is 44.7. The summed E-state index contributed by atoms with van der Waals surface area (Å²) in [6.45, 7) is 11.2. The number of hydrogen-bond donors (Lipinski definition) is 2. The van der Waals surface area contributed by atoms with Gasteiger partial charge in [-0.05, 0) is 117 Å². The monoisotopic (exact) mass is 445 g/mol. The van der Waals surface area contributed by atoms with Gasteiger partial charge in [-0.1, -0.05) is 41.0 Å². The summed E-state index contributed by atoms with van der Waals surface area (Å²) in [7, 11) is 0. The molecule has 3 nitrogen and oxygen atoms in total. The molecule has 0 aromatic rings. The lowest BCUT2D eigenvalue weighted by Crippen LogP contribution is -2.53. The van der Waals surface area contributed by atoms with Gasteiger partial charge in [-0.15, -0.1) is 0 Å². The van der Waals surface area contributed by atoms with Gasteiger partial charge >= 0.3 is 0 Å². The molecule has 0 saturated heterocycles. The van der Waals surface area contributed by atoms with Gasteiger partial charge in [0.2, 0.25) is 0 Å². The average molecular weight is 446 g/mol. The maximum atomic E-state index is 10.4. The minimum Gasteiger partial charge on any atom is -0.393 e. The number of rotatable bonds is 6. The van der Waals surface area contributed by atoms with Crippen LogP contribution in [-0.4, -0.2) is 22.4 Å². The van der Waals surface area contributed by atoms with Gasteiger partial charge in [0.1, 0.15) is 0 Å². The van der Waals surface area contributed by atoms with Crippen molar-refractivity contribution in [3.05, 3.63) is 0 Å². The van der Waals surface area contributed by atoms with Gasteiger partial charge in [-0.3, -0.25) is 0 Å². The molecule has 184 valence electrons. The third kappa shape index (κ3) is 4.65. The number of nitrogens with zero attached hydrogens (tertiary/aromatic N) is 1. The predicted molar refractivity (Wildman–Crippen MR) is 132 cm³/mol. The molecule has 3 heteroatoms. The Kier molecular flexibility index (Phi) is 8.76. The largest absolute Gasteiger partial charge is 0.393 e. The Hall–Kier alpha value is -0.590. The summed E-state index contributed by atoms with van der Waals surface area (Å²) >= 11 is 0. The zero-order valence-corrected chi connectivity index (χ0v) is 21.7. The second kappa shape index (κ2) is 10.8.